The number of hydrogen-bond donors (Lipinski definition) is 1. The van der Waals surface area contributed by atoms with E-state index in [-0.39, 0.29) is 0 Å². The third kappa shape index (κ3) is 3.53. The van der Waals surface area contributed by atoms with Crippen LogP contribution < -0.4 is 5.73 Å². The summed E-state index contributed by atoms with van der Waals surface area (Å²) in [6, 6.07) is 2.21. The number of hydrogen-bond acceptors (Lipinski definition) is 3. The van der Waals surface area contributed by atoms with Crippen LogP contribution in [0.25, 0.3) is 0 Å². The summed E-state index contributed by atoms with van der Waals surface area (Å²) in [6.45, 7) is 3.08. The lowest BCUT2D eigenvalue weighted by Crippen LogP contribution is -2.39. The highest BCUT2D eigenvalue weighted by atomic mass is 79.9. The maximum atomic E-state index is 5.89. The molecule has 0 bridgehead atoms. The fraction of sp³-hybridized carbons (Fsp3) is 0.692. The predicted octanol–water partition coefficient (Wildman–Crippen LogP) is 3.46. The zero-order valence-electron chi connectivity index (χ0n) is 10.4. The molecular formula is C13H21BrN2S. The summed E-state index contributed by atoms with van der Waals surface area (Å²) in [5.74, 6) is 0. The van der Waals surface area contributed by atoms with E-state index in [1.807, 2.05) is 11.3 Å². The highest BCUT2D eigenvalue weighted by molar-refractivity contribution is 9.10. The molecule has 0 spiro atoms. The van der Waals surface area contributed by atoms with Crippen molar-refractivity contribution in [1.82, 2.24) is 4.90 Å². The Hall–Kier alpha value is 0.1000. The molecule has 1 aromatic heterocycles. The van der Waals surface area contributed by atoms with Gasteiger partial charge >= 0.3 is 0 Å². The van der Waals surface area contributed by atoms with Crippen LogP contribution in [0.15, 0.2) is 15.9 Å². The van der Waals surface area contributed by atoms with E-state index >= 15 is 0 Å². The molecule has 1 saturated carbocycles. The number of nitrogens with zero attached hydrogens (tertiary/aromatic N) is 1. The largest absolute Gasteiger partial charge is 0.330 e. The Morgan fingerprint density at radius 3 is 2.76 bits per heavy atom. The van der Waals surface area contributed by atoms with Gasteiger partial charge in [0.2, 0.25) is 0 Å². The second-order valence-electron chi connectivity index (χ2n) is 5.28. The van der Waals surface area contributed by atoms with Crippen LogP contribution in [0.2, 0.25) is 0 Å². The van der Waals surface area contributed by atoms with Crippen LogP contribution in [-0.4, -0.2) is 25.0 Å². The second-order valence-corrected chi connectivity index (χ2v) is 7.19. The number of nitrogens with two attached hydrogens (primary N) is 1. The van der Waals surface area contributed by atoms with Crippen LogP contribution in [0, 0.1) is 5.41 Å². The molecule has 0 aromatic carbocycles. The topological polar surface area (TPSA) is 29.3 Å². The van der Waals surface area contributed by atoms with Crippen molar-refractivity contribution in [2.75, 3.05) is 20.1 Å². The lowest BCUT2D eigenvalue weighted by molar-refractivity contribution is 0.111. The molecular weight excluding hydrogens is 296 g/mol. The Morgan fingerprint density at radius 2 is 2.29 bits per heavy atom. The van der Waals surface area contributed by atoms with Crippen molar-refractivity contribution in [3.8, 4) is 0 Å². The fourth-order valence-electron chi connectivity index (χ4n) is 2.44. The van der Waals surface area contributed by atoms with Crippen molar-refractivity contribution in [3.63, 3.8) is 0 Å². The van der Waals surface area contributed by atoms with Gasteiger partial charge in [-0.15, -0.1) is 11.3 Å². The van der Waals surface area contributed by atoms with Crippen LogP contribution in [0.3, 0.4) is 0 Å². The summed E-state index contributed by atoms with van der Waals surface area (Å²) in [4.78, 5) is 3.84. The second kappa shape index (κ2) is 5.83. The first kappa shape index (κ1) is 13.5. The average molecular weight is 317 g/mol. The fourth-order valence-corrected chi connectivity index (χ4v) is 3.97. The highest BCUT2D eigenvalue weighted by Crippen LogP contribution is 2.42. The molecule has 2 N–H and O–H groups in total. The molecule has 0 radical (unpaired) electrons. The van der Waals surface area contributed by atoms with Crippen molar-refractivity contribution < 1.29 is 0 Å². The van der Waals surface area contributed by atoms with Gasteiger partial charge in [-0.2, -0.15) is 0 Å². The Kier molecular flexibility index (Phi) is 4.64. The van der Waals surface area contributed by atoms with E-state index in [9.17, 15) is 0 Å². The zero-order chi connectivity index (χ0) is 12.3. The molecule has 17 heavy (non-hydrogen) atoms. The normalized spacial score (nSPS) is 18.4. The third-order valence-corrected chi connectivity index (χ3v) is 5.60. The van der Waals surface area contributed by atoms with Gasteiger partial charge < -0.3 is 10.6 Å². The van der Waals surface area contributed by atoms with Gasteiger partial charge in [-0.05, 0) is 66.8 Å². The van der Waals surface area contributed by atoms with Crippen LogP contribution in [0.4, 0.5) is 0 Å². The first-order valence-corrected chi connectivity index (χ1v) is 7.92. The summed E-state index contributed by atoms with van der Waals surface area (Å²) >= 11 is 5.32. The van der Waals surface area contributed by atoms with Crippen LogP contribution in [0.5, 0.6) is 0 Å². The quantitative estimate of drug-likeness (QED) is 0.870. The molecule has 0 atom stereocenters. The monoisotopic (exact) mass is 316 g/mol. The summed E-state index contributed by atoms with van der Waals surface area (Å²) < 4.78 is 1.20. The third-order valence-electron chi connectivity index (χ3n) is 3.92. The van der Waals surface area contributed by atoms with E-state index in [0.29, 0.717) is 5.41 Å². The molecule has 0 saturated heterocycles. The molecule has 0 aliphatic heterocycles. The van der Waals surface area contributed by atoms with E-state index in [1.165, 1.54) is 35.0 Å². The molecule has 2 rings (SSSR count). The Labute approximate surface area is 116 Å². The Bertz CT molecular complexity index is 355. The standard InChI is InChI=1S/C13H21BrN2S/c1-16(8-12-7-11(14)9-17-12)6-5-13(10-15)3-2-4-13/h7,9H,2-6,8,10,15H2,1H3. The first-order chi connectivity index (χ1) is 8.13. The number of rotatable bonds is 6. The van der Waals surface area contributed by atoms with E-state index < -0.39 is 0 Å². The molecule has 0 unspecified atom stereocenters. The van der Waals surface area contributed by atoms with Crippen molar-refractivity contribution in [1.29, 1.82) is 0 Å². The lowest BCUT2D eigenvalue weighted by atomic mass is 9.67. The molecule has 2 nitrogen and oxygen atoms in total. The Morgan fingerprint density at radius 1 is 1.53 bits per heavy atom. The zero-order valence-corrected chi connectivity index (χ0v) is 12.8. The van der Waals surface area contributed by atoms with E-state index in [0.717, 1.165) is 19.6 Å². The molecule has 1 aromatic rings. The van der Waals surface area contributed by atoms with Crippen LogP contribution >= 0.6 is 27.3 Å². The van der Waals surface area contributed by atoms with Gasteiger partial charge in [-0.25, -0.2) is 0 Å². The first-order valence-electron chi connectivity index (χ1n) is 6.25. The van der Waals surface area contributed by atoms with E-state index in [4.69, 9.17) is 5.73 Å². The average Bonchev–Trinajstić information content (AvgIpc) is 2.63. The van der Waals surface area contributed by atoms with Crippen molar-refractivity contribution >= 4 is 27.3 Å². The molecule has 1 heterocycles. The lowest BCUT2D eigenvalue weighted by Gasteiger charge is -2.42. The van der Waals surface area contributed by atoms with Gasteiger partial charge in [0.1, 0.15) is 0 Å². The molecule has 4 heteroatoms. The molecule has 1 fully saturated rings. The summed E-state index contributed by atoms with van der Waals surface area (Å²) in [6.07, 6.45) is 5.30. The minimum atomic E-state index is 0.476. The smallest absolute Gasteiger partial charge is 0.0325 e. The van der Waals surface area contributed by atoms with Crippen molar-refractivity contribution in [2.45, 2.75) is 32.2 Å². The maximum absolute atomic E-state index is 5.89. The highest BCUT2D eigenvalue weighted by Gasteiger charge is 2.35. The summed E-state index contributed by atoms with van der Waals surface area (Å²) in [5, 5.41) is 2.15. The van der Waals surface area contributed by atoms with Gasteiger partial charge in [-0.3, -0.25) is 0 Å². The van der Waals surface area contributed by atoms with Gasteiger partial charge in [0.05, 0.1) is 0 Å². The summed E-state index contributed by atoms with van der Waals surface area (Å²) in [7, 11) is 2.20. The molecule has 96 valence electrons. The van der Waals surface area contributed by atoms with Crippen molar-refractivity contribution in [2.24, 2.45) is 11.1 Å². The van der Waals surface area contributed by atoms with Crippen LogP contribution in [0.1, 0.15) is 30.6 Å². The molecule has 1 aliphatic rings. The number of thiophene rings is 1. The molecule has 0 amide bonds. The van der Waals surface area contributed by atoms with Gasteiger partial charge in [0.15, 0.2) is 0 Å². The van der Waals surface area contributed by atoms with Crippen molar-refractivity contribution in [3.05, 3.63) is 20.8 Å². The van der Waals surface area contributed by atoms with Gasteiger partial charge in [-0.1, -0.05) is 6.42 Å². The SMILES string of the molecule is CN(CCC1(CN)CCC1)Cc1cc(Br)cs1. The minimum absolute atomic E-state index is 0.476. The van der Waals surface area contributed by atoms with E-state index in [1.54, 1.807) is 0 Å². The Balaban J connectivity index is 1.75. The summed E-state index contributed by atoms with van der Waals surface area (Å²) in [5.41, 5.74) is 6.36. The van der Waals surface area contributed by atoms with E-state index in [2.05, 4.69) is 39.3 Å². The predicted molar refractivity (Wildman–Crippen MR) is 78.3 cm³/mol. The van der Waals surface area contributed by atoms with Crippen LogP contribution in [-0.2, 0) is 6.54 Å². The van der Waals surface area contributed by atoms with Gasteiger partial charge in [0, 0.05) is 21.3 Å². The maximum Gasteiger partial charge on any atom is 0.0325 e. The molecule has 1 aliphatic carbocycles. The number of halogens is 1. The van der Waals surface area contributed by atoms with Gasteiger partial charge in [0.25, 0.3) is 0 Å². The minimum Gasteiger partial charge on any atom is -0.330 e.